The molecular formula is C28H37N5O3. The second-order valence-corrected chi connectivity index (χ2v) is 10.3. The maximum atomic E-state index is 13.1. The standard InChI is InChI=1S/C28H37N5O3/c1-5-25(34)33-17-16-32(22-9-7-21(29)8-10-22)24(13-15-31-27(35)36-28(2,3)4)26(33)20-6-11-23-19(18-20)12-14-30-23/h6-12,14,18,24,26,30H,5,13,15-17,29H2,1-4H3,(H,31,35). The Labute approximate surface area is 212 Å². The SMILES string of the molecule is CCC(=O)N1CCN(c2ccc(N)cc2)C(CCNC(=O)OC(C)(C)C)C1c1ccc2[nH]ccc2c1. The lowest BCUT2D eigenvalue weighted by molar-refractivity contribution is -0.134. The number of aromatic amines is 1. The number of carbonyl (C=O) groups excluding carboxylic acids is 2. The van der Waals surface area contributed by atoms with Crippen LogP contribution in [0.4, 0.5) is 16.2 Å². The fraction of sp³-hybridized carbons (Fsp3) is 0.429. The number of rotatable bonds is 6. The quantitative estimate of drug-likeness (QED) is 0.429. The number of benzene rings is 2. The molecule has 192 valence electrons. The van der Waals surface area contributed by atoms with Gasteiger partial charge < -0.3 is 30.6 Å². The van der Waals surface area contributed by atoms with Crippen molar-refractivity contribution in [3.05, 3.63) is 60.3 Å². The summed E-state index contributed by atoms with van der Waals surface area (Å²) in [5, 5.41) is 4.01. The number of hydrogen-bond acceptors (Lipinski definition) is 5. The molecule has 0 bridgehead atoms. The number of hydrogen-bond donors (Lipinski definition) is 3. The Morgan fingerprint density at radius 3 is 2.56 bits per heavy atom. The number of piperazine rings is 1. The highest BCUT2D eigenvalue weighted by Gasteiger charge is 2.39. The Morgan fingerprint density at radius 1 is 1.11 bits per heavy atom. The number of anilines is 2. The third-order valence-corrected chi connectivity index (χ3v) is 6.56. The molecule has 1 aliphatic rings. The first kappa shape index (κ1) is 25.4. The predicted molar refractivity (Wildman–Crippen MR) is 144 cm³/mol. The van der Waals surface area contributed by atoms with E-state index in [0.717, 1.165) is 22.2 Å². The molecule has 1 aliphatic heterocycles. The van der Waals surface area contributed by atoms with Crippen molar-refractivity contribution in [2.24, 2.45) is 0 Å². The number of nitrogens with one attached hydrogen (secondary N) is 2. The van der Waals surface area contributed by atoms with Gasteiger partial charge in [0.2, 0.25) is 5.91 Å². The van der Waals surface area contributed by atoms with Crippen LogP contribution in [-0.4, -0.2) is 53.2 Å². The highest BCUT2D eigenvalue weighted by atomic mass is 16.6. The van der Waals surface area contributed by atoms with Crippen molar-refractivity contribution in [3.63, 3.8) is 0 Å². The first-order valence-electron chi connectivity index (χ1n) is 12.6. The summed E-state index contributed by atoms with van der Waals surface area (Å²) in [6.07, 6.45) is 2.55. The highest BCUT2D eigenvalue weighted by molar-refractivity contribution is 5.81. The normalized spacial score (nSPS) is 18.3. The van der Waals surface area contributed by atoms with E-state index in [0.29, 0.717) is 38.2 Å². The van der Waals surface area contributed by atoms with Crippen LogP contribution in [0.3, 0.4) is 0 Å². The van der Waals surface area contributed by atoms with Crippen LogP contribution in [0.2, 0.25) is 0 Å². The minimum Gasteiger partial charge on any atom is -0.444 e. The average molecular weight is 492 g/mol. The van der Waals surface area contributed by atoms with Gasteiger partial charge in [-0.3, -0.25) is 4.79 Å². The summed E-state index contributed by atoms with van der Waals surface area (Å²) in [4.78, 5) is 33.1. The molecule has 4 rings (SSSR count). The van der Waals surface area contributed by atoms with Crippen molar-refractivity contribution in [3.8, 4) is 0 Å². The lowest BCUT2D eigenvalue weighted by Crippen LogP contribution is -2.57. The lowest BCUT2D eigenvalue weighted by atomic mass is 9.90. The molecule has 1 aromatic heterocycles. The number of H-pyrrole nitrogens is 1. The molecule has 1 fully saturated rings. The molecule has 2 atom stereocenters. The molecule has 0 aliphatic carbocycles. The molecular weight excluding hydrogens is 454 g/mol. The van der Waals surface area contributed by atoms with Gasteiger partial charge in [-0.1, -0.05) is 13.0 Å². The molecule has 2 aromatic carbocycles. The van der Waals surface area contributed by atoms with Gasteiger partial charge in [-0.05, 0) is 80.6 Å². The summed E-state index contributed by atoms with van der Waals surface area (Å²) in [6, 6.07) is 16.0. The summed E-state index contributed by atoms with van der Waals surface area (Å²) in [7, 11) is 0. The molecule has 0 saturated carbocycles. The first-order valence-corrected chi connectivity index (χ1v) is 12.6. The zero-order valence-electron chi connectivity index (χ0n) is 21.6. The highest BCUT2D eigenvalue weighted by Crippen LogP contribution is 2.37. The zero-order chi connectivity index (χ0) is 25.9. The molecule has 2 unspecified atom stereocenters. The summed E-state index contributed by atoms with van der Waals surface area (Å²) in [5.41, 5.74) is 9.28. The Bertz CT molecular complexity index is 1200. The molecule has 0 radical (unpaired) electrons. The van der Waals surface area contributed by atoms with Crippen LogP contribution in [0.5, 0.6) is 0 Å². The summed E-state index contributed by atoms with van der Waals surface area (Å²) < 4.78 is 5.43. The number of alkyl carbamates (subject to hydrolysis) is 1. The fourth-order valence-corrected chi connectivity index (χ4v) is 4.98. The largest absolute Gasteiger partial charge is 0.444 e. The number of aromatic nitrogens is 1. The monoisotopic (exact) mass is 491 g/mol. The van der Waals surface area contributed by atoms with E-state index in [-0.39, 0.29) is 18.0 Å². The fourth-order valence-electron chi connectivity index (χ4n) is 4.98. The number of nitrogens with zero attached hydrogens (tertiary/aromatic N) is 2. The third kappa shape index (κ3) is 5.75. The molecule has 1 saturated heterocycles. The average Bonchev–Trinajstić information content (AvgIpc) is 3.30. The zero-order valence-corrected chi connectivity index (χ0v) is 21.6. The van der Waals surface area contributed by atoms with E-state index >= 15 is 0 Å². The number of nitrogens with two attached hydrogens (primary N) is 1. The topological polar surface area (TPSA) is 104 Å². The Morgan fingerprint density at radius 2 is 1.86 bits per heavy atom. The van der Waals surface area contributed by atoms with Gasteiger partial charge in [0.1, 0.15) is 5.60 Å². The smallest absolute Gasteiger partial charge is 0.407 e. The van der Waals surface area contributed by atoms with Gasteiger partial charge in [-0.15, -0.1) is 0 Å². The molecule has 36 heavy (non-hydrogen) atoms. The molecule has 2 amide bonds. The van der Waals surface area contributed by atoms with Gasteiger partial charge in [-0.25, -0.2) is 4.79 Å². The van der Waals surface area contributed by atoms with Crippen molar-refractivity contribution < 1.29 is 14.3 Å². The van der Waals surface area contributed by atoms with Crippen LogP contribution in [-0.2, 0) is 9.53 Å². The number of amides is 2. The second kappa shape index (κ2) is 10.5. The van der Waals surface area contributed by atoms with Gasteiger partial charge in [0.05, 0.1) is 12.1 Å². The van der Waals surface area contributed by atoms with Gasteiger partial charge in [0.25, 0.3) is 0 Å². The van der Waals surface area contributed by atoms with Gasteiger partial charge in [0, 0.05) is 49.1 Å². The number of ether oxygens (including phenoxy) is 1. The summed E-state index contributed by atoms with van der Waals surface area (Å²) in [6.45, 7) is 9.16. The Balaban J connectivity index is 1.69. The number of carbonyl (C=O) groups is 2. The van der Waals surface area contributed by atoms with Crippen LogP contribution in [0, 0.1) is 0 Å². The minimum absolute atomic E-state index is 0.0656. The van der Waals surface area contributed by atoms with Crippen LogP contribution in [0.15, 0.2) is 54.7 Å². The van der Waals surface area contributed by atoms with Crippen LogP contribution < -0.4 is 16.0 Å². The van der Waals surface area contributed by atoms with Crippen molar-refractivity contribution in [2.75, 3.05) is 30.3 Å². The van der Waals surface area contributed by atoms with Crippen molar-refractivity contribution >= 4 is 34.3 Å². The maximum absolute atomic E-state index is 13.1. The van der Waals surface area contributed by atoms with Gasteiger partial charge in [0.15, 0.2) is 0 Å². The van der Waals surface area contributed by atoms with Crippen molar-refractivity contribution in [2.45, 2.75) is 58.2 Å². The predicted octanol–water partition coefficient (Wildman–Crippen LogP) is 4.83. The van der Waals surface area contributed by atoms with Gasteiger partial charge in [-0.2, -0.15) is 0 Å². The van der Waals surface area contributed by atoms with E-state index in [1.165, 1.54) is 0 Å². The van der Waals surface area contributed by atoms with Gasteiger partial charge >= 0.3 is 6.09 Å². The number of nitrogen functional groups attached to an aromatic ring is 1. The second-order valence-electron chi connectivity index (χ2n) is 10.3. The van der Waals surface area contributed by atoms with Crippen LogP contribution in [0.25, 0.3) is 10.9 Å². The molecule has 3 aromatic rings. The van der Waals surface area contributed by atoms with Crippen LogP contribution in [0.1, 0.15) is 52.1 Å². The molecule has 2 heterocycles. The van der Waals surface area contributed by atoms with Crippen molar-refractivity contribution in [1.82, 2.24) is 15.2 Å². The molecule has 4 N–H and O–H groups in total. The van der Waals surface area contributed by atoms with Crippen LogP contribution >= 0.6 is 0 Å². The molecule has 8 heteroatoms. The maximum Gasteiger partial charge on any atom is 0.407 e. The summed E-state index contributed by atoms with van der Waals surface area (Å²) in [5.74, 6) is 0.122. The van der Waals surface area contributed by atoms with E-state index in [2.05, 4.69) is 33.4 Å². The molecule has 0 spiro atoms. The van der Waals surface area contributed by atoms with E-state index in [4.69, 9.17) is 10.5 Å². The van der Waals surface area contributed by atoms with E-state index in [1.807, 2.05) is 69.1 Å². The Kier molecular flexibility index (Phi) is 7.43. The van der Waals surface area contributed by atoms with E-state index < -0.39 is 11.7 Å². The number of fused-ring (bicyclic) bond motifs is 1. The summed E-state index contributed by atoms with van der Waals surface area (Å²) >= 11 is 0. The minimum atomic E-state index is -0.566. The first-order chi connectivity index (χ1) is 17.2. The third-order valence-electron chi connectivity index (χ3n) is 6.56. The van der Waals surface area contributed by atoms with E-state index in [9.17, 15) is 9.59 Å². The van der Waals surface area contributed by atoms with E-state index in [1.54, 1.807) is 0 Å². The Hall–Kier alpha value is -3.68. The lowest BCUT2D eigenvalue weighted by Gasteiger charge is -2.49. The van der Waals surface area contributed by atoms with Crippen molar-refractivity contribution in [1.29, 1.82) is 0 Å². The molecule has 8 nitrogen and oxygen atoms in total.